The van der Waals surface area contributed by atoms with Crippen molar-refractivity contribution in [3.63, 3.8) is 0 Å². The molecule has 3 N–H and O–H groups in total. The van der Waals surface area contributed by atoms with E-state index in [1.54, 1.807) is 6.20 Å². The van der Waals surface area contributed by atoms with Gasteiger partial charge in [-0.2, -0.15) is 0 Å². The lowest BCUT2D eigenvalue weighted by Crippen LogP contribution is -2.47. The van der Waals surface area contributed by atoms with E-state index >= 15 is 0 Å². The summed E-state index contributed by atoms with van der Waals surface area (Å²) in [5.41, 5.74) is 10.4. The largest absolute Gasteiger partial charge is 0.412 e. The molecule has 0 aliphatic carbocycles. The maximum atomic E-state index is 13.0. The SMILES string of the molecule is CC(C)[Si](OCc1ccc(C(CN)C(=O)Nc2ccc3cnccc3c2)cc1)(C(C)C)C(C)C. The summed E-state index contributed by atoms with van der Waals surface area (Å²) < 4.78 is 6.72. The Morgan fingerprint density at radius 3 is 2.18 bits per heavy atom. The van der Waals surface area contributed by atoms with Crippen molar-refractivity contribution >= 4 is 30.7 Å². The van der Waals surface area contributed by atoms with Gasteiger partial charge in [-0.1, -0.05) is 71.9 Å². The molecule has 1 unspecified atom stereocenters. The van der Waals surface area contributed by atoms with Gasteiger partial charge in [-0.15, -0.1) is 0 Å². The molecule has 0 saturated heterocycles. The fourth-order valence-corrected chi connectivity index (χ4v) is 10.8. The van der Waals surface area contributed by atoms with Gasteiger partial charge in [-0.05, 0) is 51.3 Å². The van der Waals surface area contributed by atoms with Crippen LogP contribution < -0.4 is 11.1 Å². The number of rotatable bonds is 10. The van der Waals surface area contributed by atoms with E-state index in [0.29, 0.717) is 23.2 Å². The van der Waals surface area contributed by atoms with Gasteiger partial charge in [0.25, 0.3) is 0 Å². The molecule has 1 atom stereocenters. The van der Waals surface area contributed by atoms with Crippen molar-refractivity contribution < 1.29 is 9.22 Å². The number of amides is 1. The van der Waals surface area contributed by atoms with Crippen LogP contribution in [-0.2, 0) is 15.8 Å². The van der Waals surface area contributed by atoms with Gasteiger partial charge < -0.3 is 15.5 Å². The molecule has 0 aliphatic heterocycles. The third kappa shape index (κ3) is 5.57. The standard InChI is InChI=1S/C28H39N3O2Si/c1-19(2)34(20(3)4,21(5)6)33-18-22-7-9-23(10-8-22)27(16-29)28(32)31-26-12-11-25-17-30-14-13-24(25)15-26/h7-15,17,19-21,27H,16,18,29H2,1-6H3,(H,31,32). The Labute approximate surface area is 205 Å². The molecule has 5 nitrogen and oxygen atoms in total. The second-order valence-electron chi connectivity index (χ2n) is 10.1. The van der Waals surface area contributed by atoms with E-state index in [2.05, 4.69) is 64.0 Å². The molecule has 0 radical (unpaired) electrons. The van der Waals surface area contributed by atoms with Gasteiger partial charge in [0.15, 0.2) is 0 Å². The van der Waals surface area contributed by atoms with Crippen LogP contribution in [0.1, 0.15) is 58.6 Å². The number of hydrogen-bond acceptors (Lipinski definition) is 4. The molecule has 2 aromatic carbocycles. The molecule has 0 bridgehead atoms. The number of nitrogens with two attached hydrogens (primary N) is 1. The fourth-order valence-electron chi connectivity index (χ4n) is 5.34. The van der Waals surface area contributed by atoms with Crippen molar-refractivity contribution in [1.29, 1.82) is 0 Å². The number of hydrogen-bond donors (Lipinski definition) is 2. The molecule has 1 aromatic heterocycles. The number of fused-ring (bicyclic) bond motifs is 1. The molecule has 0 aliphatic rings. The van der Waals surface area contributed by atoms with E-state index in [9.17, 15) is 4.79 Å². The number of aromatic nitrogens is 1. The van der Waals surface area contributed by atoms with Gasteiger partial charge in [-0.3, -0.25) is 9.78 Å². The lowest BCUT2D eigenvalue weighted by atomic mass is 9.97. The molecular weight excluding hydrogens is 438 g/mol. The first kappa shape index (κ1) is 26.1. The minimum Gasteiger partial charge on any atom is -0.412 e. The van der Waals surface area contributed by atoms with Crippen LogP contribution >= 0.6 is 0 Å². The maximum absolute atomic E-state index is 13.0. The second kappa shape index (κ2) is 11.3. The minimum absolute atomic E-state index is 0.106. The van der Waals surface area contributed by atoms with Gasteiger partial charge in [0, 0.05) is 30.0 Å². The first-order valence-electron chi connectivity index (χ1n) is 12.3. The van der Waals surface area contributed by atoms with Crippen LogP contribution in [0.3, 0.4) is 0 Å². The number of nitrogens with zero attached hydrogens (tertiary/aromatic N) is 1. The van der Waals surface area contributed by atoms with E-state index < -0.39 is 14.2 Å². The predicted molar refractivity (Wildman–Crippen MR) is 144 cm³/mol. The highest BCUT2D eigenvalue weighted by molar-refractivity contribution is 6.77. The van der Waals surface area contributed by atoms with Crippen LogP contribution in [0.5, 0.6) is 0 Å². The van der Waals surface area contributed by atoms with Crippen LogP contribution in [0, 0.1) is 0 Å². The smallest absolute Gasteiger partial charge is 0.233 e. The Morgan fingerprint density at radius 2 is 1.59 bits per heavy atom. The normalized spacial score (nSPS) is 13.1. The van der Waals surface area contributed by atoms with E-state index in [1.807, 2.05) is 42.6 Å². The zero-order valence-electron chi connectivity index (χ0n) is 21.3. The zero-order valence-corrected chi connectivity index (χ0v) is 22.3. The van der Waals surface area contributed by atoms with Crippen LogP contribution in [-0.4, -0.2) is 25.8 Å². The summed E-state index contributed by atoms with van der Waals surface area (Å²) in [6.45, 7) is 14.6. The number of benzene rings is 2. The molecule has 3 rings (SSSR count). The van der Waals surface area contributed by atoms with E-state index in [1.165, 1.54) is 0 Å². The molecule has 182 valence electrons. The lowest BCUT2D eigenvalue weighted by molar-refractivity contribution is -0.117. The van der Waals surface area contributed by atoms with Crippen LogP contribution in [0.25, 0.3) is 10.8 Å². The highest BCUT2D eigenvalue weighted by Gasteiger charge is 2.44. The molecule has 3 aromatic rings. The second-order valence-corrected chi connectivity index (χ2v) is 15.5. The van der Waals surface area contributed by atoms with Crippen LogP contribution in [0.15, 0.2) is 60.9 Å². The average molecular weight is 478 g/mol. The van der Waals surface area contributed by atoms with Crippen molar-refractivity contribution in [1.82, 2.24) is 4.98 Å². The number of anilines is 1. The number of nitrogens with one attached hydrogen (secondary N) is 1. The Hall–Kier alpha value is -2.54. The van der Waals surface area contributed by atoms with Crippen LogP contribution in [0.2, 0.25) is 16.6 Å². The summed E-state index contributed by atoms with van der Waals surface area (Å²) in [4.78, 5) is 17.2. The first-order valence-corrected chi connectivity index (χ1v) is 14.4. The molecular formula is C28H39N3O2Si. The lowest BCUT2D eigenvalue weighted by Gasteiger charge is -2.42. The zero-order chi connectivity index (χ0) is 24.9. The number of carbonyl (C=O) groups excluding carboxylic acids is 1. The Kier molecular flexibility index (Phi) is 8.63. The van der Waals surface area contributed by atoms with Crippen molar-refractivity contribution in [2.24, 2.45) is 5.73 Å². The third-order valence-corrected chi connectivity index (χ3v) is 13.1. The summed E-state index contributed by atoms with van der Waals surface area (Å²) in [5.74, 6) is -0.524. The van der Waals surface area contributed by atoms with E-state index in [0.717, 1.165) is 27.6 Å². The van der Waals surface area contributed by atoms with Gasteiger partial charge in [-0.25, -0.2) is 0 Å². The number of pyridine rings is 1. The molecule has 0 spiro atoms. The maximum Gasteiger partial charge on any atom is 0.233 e. The van der Waals surface area contributed by atoms with Crippen molar-refractivity contribution in [2.45, 2.75) is 70.7 Å². The average Bonchev–Trinajstić information content (AvgIpc) is 2.80. The predicted octanol–water partition coefficient (Wildman–Crippen LogP) is 6.61. The molecule has 1 heterocycles. The van der Waals surface area contributed by atoms with Crippen molar-refractivity contribution in [3.05, 3.63) is 72.1 Å². The molecule has 34 heavy (non-hydrogen) atoms. The molecule has 0 fully saturated rings. The number of carbonyl (C=O) groups is 1. The van der Waals surface area contributed by atoms with Gasteiger partial charge in [0.1, 0.15) is 0 Å². The quantitative estimate of drug-likeness (QED) is 0.322. The first-order chi connectivity index (χ1) is 16.2. The third-order valence-electron chi connectivity index (χ3n) is 7.04. The highest BCUT2D eigenvalue weighted by Crippen LogP contribution is 2.42. The Balaban J connectivity index is 1.70. The Bertz CT molecular complexity index is 1070. The summed E-state index contributed by atoms with van der Waals surface area (Å²) in [7, 11) is -1.92. The summed E-state index contributed by atoms with van der Waals surface area (Å²) in [5, 5.41) is 5.09. The summed E-state index contributed by atoms with van der Waals surface area (Å²) in [6, 6.07) is 15.9. The Morgan fingerprint density at radius 1 is 0.941 bits per heavy atom. The van der Waals surface area contributed by atoms with E-state index in [-0.39, 0.29) is 12.5 Å². The highest BCUT2D eigenvalue weighted by atomic mass is 28.4. The van der Waals surface area contributed by atoms with E-state index in [4.69, 9.17) is 10.2 Å². The van der Waals surface area contributed by atoms with Gasteiger partial charge in [0.2, 0.25) is 14.2 Å². The molecule has 6 heteroatoms. The van der Waals surface area contributed by atoms with Gasteiger partial charge in [0.05, 0.1) is 12.5 Å². The minimum atomic E-state index is -1.92. The van der Waals surface area contributed by atoms with Crippen molar-refractivity contribution in [3.8, 4) is 0 Å². The van der Waals surface area contributed by atoms with Gasteiger partial charge >= 0.3 is 0 Å². The fraction of sp³-hybridized carbons (Fsp3) is 0.429. The molecule has 0 saturated carbocycles. The summed E-state index contributed by atoms with van der Waals surface area (Å²) in [6.07, 6.45) is 3.56. The topological polar surface area (TPSA) is 77.2 Å². The molecule has 1 amide bonds. The summed E-state index contributed by atoms with van der Waals surface area (Å²) >= 11 is 0. The van der Waals surface area contributed by atoms with Crippen LogP contribution in [0.4, 0.5) is 5.69 Å². The van der Waals surface area contributed by atoms with Crippen molar-refractivity contribution in [2.75, 3.05) is 11.9 Å². The monoisotopic (exact) mass is 477 g/mol.